The summed E-state index contributed by atoms with van der Waals surface area (Å²) >= 11 is 7.01. The Morgan fingerprint density at radius 2 is 1.07 bits per heavy atom. The Morgan fingerprint density at radius 3 is 1.52 bits per heavy atom. The van der Waals surface area contributed by atoms with Crippen LogP contribution in [-0.2, 0) is 4.74 Å². The highest BCUT2D eigenvalue weighted by atomic mass is 79.9. The normalized spacial score (nSPS) is 13.8. The Hall–Kier alpha value is -1.82. The summed E-state index contributed by atoms with van der Waals surface area (Å²) < 4.78 is 8.28. The van der Waals surface area contributed by atoms with Gasteiger partial charge in [0.05, 0.1) is 34.6 Å². The lowest BCUT2D eigenvalue weighted by atomic mass is 10.1. The van der Waals surface area contributed by atoms with Crippen LogP contribution >= 0.6 is 31.9 Å². The summed E-state index contributed by atoms with van der Waals surface area (Å²) in [6.45, 7) is 4.06. The minimum atomic E-state index is -0.136. The number of nitrogens with zero attached hydrogens (tertiary/aromatic N) is 2. The average Bonchev–Trinajstić information content (AvgIpc) is 2.66. The van der Waals surface area contributed by atoms with E-state index in [0.717, 1.165) is 42.1 Å². The molecule has 0 aliphatic heterocycles. The zero-order valence-corrected chi connectivity index (χ0v) is 18.2. The second kappa shape index (κ2) is 7.66. The lowest BCUT2D eigenvalue weighted by Gasteiger charge is -2.19. The van der Waals surface area contributed by atoms with Crippen molar-refractivity contribution in [1.29, 1.82) is 0 Å². The molecule has 2 atom stereocenters. The number of rotatable bonds is 4. The van der Waals surface area contributed by atoms with Crippen LogP contribution in [0.15, 0.2) is 69.6 Å². The lowest BCUT2D eigenvalue weighted by Crippen LogP contribution is -2.08. The van der Waals surface area contributed by atoms with Crippen molar-refractivity contribution in [2.45, 2.75) is 26.1 Å². The molecule has 0 spiro atoms. The molecule has 4 rings (SSSR count). The van der Waals surface area contributed by atoms with Gasteiger partial charge in [-0.15, -0.1) is 0 Å². The smallest absolute Gasteiger partial charge is 0.0975 e. The number of aromatic nitrogens is 2. The van der Waals surface area contributed by atoms with Gasteiger partial charge in [-0.3, -0.25) is 9.97 Å². The number of hydrogen-bond acceptors (Lipinski definition) is 3. The molecule has 5 heteroatoms. The molecule has 0 amide bonds. The lowest BCUT2D eigenvalue weighted by molar-refractivity contribution is 0.00163. The molecule has 0 N–H and O–H groups in total. The van der Waals surface area contributed by atoms with Gasteiger partial charge in [0.15, 0.2) is 0 Å². The Morgan fingerprint density at radius 1 is 0.667 bits per heavy atom. The standard InChI is InChI=1S/C22H18Br2N2O/c1-13(19-9-5-15-3-7-17(23)11-21(15)25-19)27-14(2)20-10-6-16-4-8-18(24)12-22(16)26-20/h3-14H,1-2H3/t13-,14-/m1/s1. The molecule has 0 radical (unpaired) electrons. The van der Waals surface area contributed by atoms with Crippen molar-refractivity contribution in [2.75, 3.05) is 0 Å². The fraction of sp³-hybridized carbons (Fsp3) is 0.182. The maximum absolute atomic E-state index is 6.23. The molecule has 2 aromatic carbocycles. The van der Waals surface area contributed by atoms with Crippen LogP contribution in [0.5, 0.6) is 0 Å². The van der Waals surface area contributed by atoms with Gasteiger partial charge >= 0.3 is 0 Å². The topological polar surface area (TPSA) is 35.0 Å². The molecule has 0 aliphatic carbocycles. The molecule has 2 aromatic heterocycles. The summed E-state index contributed by atoms with van der Waals surface area (Å²) in [7, 11) is 0. The molecule has 4 aromatic rings. The third-order valence-corrected chi connectivity index (χ3v) is 5.58. The number of ether oxygens (including phenoxy) is 1. The first-order valence-corrected chi connectivity index (χ1v) is 10.4. The number of halogens is 2. The van der Waals surface area contributed by atoms with Crippen LogP contribution in [0.2, 0.25) is 0 Å². The number of benzene rings is 2. The minimum Gasteiger partial charge on any atom is -0.363 e. The van der Waals surface area contributed by atoms with Gasteiger partial charge in [-0.25, -0.2) is 0 Å². The van der Waals surface area contributed by atoms with Crippen molar-refractivity contribution in [3.8, 4) is 0 Å². The molecule has 0 aliphatic rings. The third-order valence-electron chi connectivity index (χ3n) is 4.59. The van der Waals surface area contributed by atoms with Crippen LogP contribution < -0.4 is 0 Å². The molecular weight excluding hydrogens is 468 g/mol. The van der Waals surface area contributed by atoms with Crippen LogP contribution in [0.25, 0.3) is 21.8 Å². The molecule has 0 fully saturated rings. The van der Waals surface area contributed by atoms with E-state index in [4.69, 9.17) is 14.7 Å². The van der Waals surface area contributed by atoms with Crippen molar-refractivity contribution in [2.24, 2.45) is 0 Å². The van der Waals surface area contributed by atoms with Gasteiger partial charge in [0.1, 0.15) is 0 Å². The van der Waals surface area contributed by atoms with Gasteiger partial charge in [-0.1, -0.05) is 56.1 Å². The van der Waals surface area contributed by atoms with Gasteiger partial charge in [0.2, 0.25) is 0 Å². The van der Waals surface area contributed by atoms with Crippen molar-refractivity contribution in [3.05, 3.63) is 81.0 Å². The summed E-state index contributed by atoms with van der Waals surface area (Å²) in [6.07, 6.45) is -0.272. The number of pyridine rings is 2. The highest BCUT2D eigenvalue weighted by Crippen LogP contribution is 2.28. The molecule has 0 saturated carbocycles. The van der Waals surface area contributed by atoms with E-state index in [0.29, 0.717) is 0 Å². The molecule has 0 saturated heterocycles. The number of fused-ring (bicyclic) bond motifs is 2. The van der Waals surface area contributed by atoms with Crippen LogP contribution in [0.4, 0.5) is 0 Å². The van der Waals surface area contributed by atoms with E-state index in [2.05, 4.69) is 56.1 Å². The predicted octanol–water partition coefficient (Wildman–Crippen LogP) is 7.15. The minimum absolute atomic E-state index is 0.136. The van der Waals surface area contributed by atoms with Crippen LogP contribution in [0, 0.1) is 0 Å². The summed E-state index contributed by atoms with van der Waals surface area (Å²) in [5.41, 5.74) is 3.74. The molecule has 2 heterocycles. The Kier molecular flexibility index (Phi) is 5.26. The Balaban J connectivity index is 1.57. The van der Waals surface area contributed by atoms with Gasteiger partial charge in [-0.2, -0.15) is 0 Å². The quantitative estimate of drug-likeness (QED) is 0.308. The molecule has 3 nitrogen and oxygen atoms in total. The van der Waals surface area contributed by atoms with E-state index in [9.17, 15) is 0 Å². The SMILES string of the molecule is C[C@@H](O[C@H](C)c1ccc2ccc(Br)cc2n1)c1ccc2ccc(Br)cc2n1. The first-order chi connectivity index (χ1) is 13.0. The highest BCUT2D eigenvalue weighted by molar-refractivity contribution is 9.10. The second-order valence-corrected chi connectivity index (χ2v) is 8.40. The monoisotopic (exact) mass is 484 g/mol. The Bertz CT molecular complexity index is 1040. The van der Waals surface area contributed by atoms with Crippen molar-refractivity contribution in [1.82, 2.24) is 9.97 Å². The van der Waals surface area contributed by atoms with E-state index in [-0.39, 0.29) is 12.2 Å². The summed E-state index contributed by atoms with van der Waals surface area (Å²) in [5.74, 6) is 0. The predicted molar refractivity (Wildman–Crippen MR) is 117 cm³/mol. The zero-order valence-electron chi connectivity index (χ0n) is 15.0. The molecule has 27 heavy (non-hydrogen) atoms. The van der Waals surface area contributed by atoms with Crippen molar-refractivity contribution < 1.29 is 4.74 Å². The summed E-state index contributed by atoms with van der Waals surface area (Å²) in [4.78, 5) is 9.53. The fourth-order valence-electron chi connectivity index (χ4n) is 3.11. The molecule has 0 unspecified atom stereocenters. The van der Waals surface area contributed by atoms with E-state index in [1.807, 2.05) is 50.2 Å². The van der Waals surface area contributed by atoms with Crippen molar-refractivity contribution >= 4 is 53.7 Å². The Labute approximate surface area is 175 Å². The third kappa shape index (κ3) is 4.05. The largest absolute Gasteiger partial charge is 0.363 e. The fourth-order valence-corrected chi connectivity index (χ4v) is 3.81. The maximum atomic E-state index is 6.23. The molecular formula is C22H18Br2N2O. The first-order valence-electron chi connectivity index (χ1n) is 8.77. The first kappa shape index (κ1) is 18.5. The van der Waals surface area contributed by atoms with E-state index in [1.54, 1.807) is 0 Å². The van der Waals surface area contributed by atoms with Gasteiger partial charge < -0.3 is 4.74 Å². The van der Waals surface area contributed by atoms with Gasteiger partial charge in [-0.05, 0) is 50.2 Å². The molecule has 0 bridgehead atoms. The highest BCUT2D eigenvalue weighted by Gasteiger charge is 2.15. The van der Waals surface area contributed by atoms with E-state index < -0.39 is 0 Å². The summed E-state index contributed by atoms with van der Waals surface area (Å²) in [6, 6.07) is 20.4. The molecule has 136 valence electrons. The van der Waals surface area contributed by atoms with Gasteiger partial charge in [0, 0.05) is 19.7 Å². The van der Waals surface area contributed by atoms with Crippen LogP contribution in [-0.4, -0.2) is 9.97 Å². The van der Waals surface area contributed by atoms with Crippen LogP contribution in [0.1, 0.15) is 37.4 Å². The summed E-state index contributed by atoms with van der Waals surface area (Å²) in [5, 5.41) is 2.23. The average molecular weight is 486 g/mol. The maximum Gasteiger partial charge on any atom is 0.0975 e. The second-order valence-electron chi connectivity index (χ2n) is 6.57. The van der Waals surface area contributed by atoms with E-state index >= 15 is 0 Å². The van der Waals surface area contributed by atoms with Crippen LogP contribution in [0.3, 0.4) is 0 Å². The zero-order chi connectivity index (χ0) is 19.0. The number of hydrogen-bond donors (Lipinski definition) is 0. The van der Waals surface area contributed by atoms with Gasteiger partial charge in [0.25, 0.3) is 0 Å². The van der Waals surface area contributed by atoms with Crippen molar-refractivity contribution in [3.63, 3.8) is 0 Å². The van der Waals surface area contributed by atoms with E-state index in [1.165, 1.54) is 0 Å².